The molecule has 1 N–H and O–H groups in total. The molecule has 1 aromatic carbocycles. The average molecular weight is 276 g/mol. The second-order valence-corrected chi connectivity index (χ2v) is 5.77. The molecule has 0 saturated heterocycles. The van der Waals surface area contributed by atoms with Gasteiger partial charge in [0.15, 0.2) is 0 Å². The summed E-state index contributed by atoms with van der Waals surface area (Å²) in [7, 11) is 0. The molecular weight excluding hydrogens is 260 g/mol. The molecule has 0 amide bonds. The molecule has 0 aliphatic carbocycles. The van der Waals surface area contributed by atoms with Gasteiger partial charge in [0.05, 0.1) is 4.92 Å². The molecule has 2 rings (SSSR count). The number of benzene rings is 1. The van der Waals surface area contributed by atoms with Gasteiger partial charge in [0.1, 0.15) is 0 Å². The fourth-order valence-electron chi connectivity index (χ4n) is 1.73. The van der Waals surface area contributed by atoms with E-state index in [2.05, 4.69) is 31.3 Å². The minimum absolute atomic E-state index is 0.187. The van der Waals surface area contributed by atoms with Gasteiger partial charge in [-0.15, -0.1) is 0 Å². The molecular formula is C14H16N2O2S. The molecule has 5 heteroatoms. The van der Waals surface area contributed by atoms with Crippen molar-refractivity contribution in [2.45, 2.75) is 26.3 Å². The van der Waals surface area contributed by atoms with E-state index in [-0.39, 0.29) is 9.92 Å². The molecule has 0 aliphatic heterocycles. The molecule has 0 aliphatic rings. The number of nitro groups is 1. The van der Waals surface area contributed by atoms with Crippen molar-refractivity contribution < 1.29 is 4.92 Å². The van der Waals surface area contributed by atoms with Crippen molar-refractivity contribution in [2.24, 2.45) is 0 Å². The van der Waals surface area contributed by atoms with Crippen molar-refractivity contribution in [3.63, 3.8) is 0 Å². The highest BCUT2D eigenvalue weighted by atomic mass is 32.1. The molecule has 4 nitrogen and oxygen atoms in total. The first-order valence-corrected chi connectivity index (χ1v) is 6.95. The predicted octanol–water partition coefficient (Wildman–Crippen LogP) is 4.39. The Morgan fingerprint density at radius 1 is 1.21 bits per heavy atom. The van der Waals surface area contributed by atoms with Crippen LogP contribution in [-0.2, 0) is 6.54 Å². The van der Waals surface area contributed by atoms with E-state index < -0.39 is 0 Å². The lowest BCUT2D eigenvalue weighted by molar-refractivity contribution is -0.380. The Hall–Kier alpha value is -1.88. The fourth-order valence-corrected chi connectivity index (χ4v) is 2.49. The van der Waals surface area contributed by atoms with E-state index in [9.17, 15) is 10.1 Å². The van der Waals surface area contributed by atoms with E-state index >= 15 is 0 Å². The Morgan fingerprint density at radius 2 is 1.89 bits per heavy atom. The van der Waals surface area contributed by atoms with E-state index in [0.717, 1.165) is 10.6 Å². The molecule has 0 atom stereocenters. The number of nitrogens with zero attached hydrogens (tertiary/aromatic N) is 1. The van der Waals surface area contributed by atoms with Gasteiger partial charge in [0.25, 0.3) is 0 Å². The second-order valence-electron chi connectivity index (χ2n) is 4.63. The summed E-state index contributed by atoms with van der Waals surface area (Å²) in [4.78, 5) is 11.2. The molecule has 0 unspecified atom stereocenters. The van der Waals surface area contributed by atoms with E-state index in [1.165, 1.54) is 16.9 Å². The largest absolute Gasteiger partial charge is 0.380 e. The van der Waals surface area contributed by atoms with Crippen molar-refractivity contribution in [3.05, 3.63) is 57.0 Å². The Bertz CT molecular complexity index is 561. The quantitative estimate of drug-likeness (QED) is 0.650. The number of thiophene rings is 1. The third kappa shape index (κ3) is 3.54. The molecule has 100 valence electrons. The van der Waals surface area contributed by atoms with Crippen molar-refractivity contribution in [1.29, 1.82) is 0 Å². The minimum Gasteiger partial charge on any atom is -0.380 e. The van der Waals surface area contributed by atoms with Crippen LogP contribution in [0.3, 0.4) is 0 Å². The lowest BCUT2D eigenvalue weighted by Gasteiger charge is -2.08. The van der Waals surface area contributed by atoms with Crippen molar-refractivity contribution >= 4 is 22.0 Å². The second kappa shape index (κ2) is 5.84. The number of hydrogen-bond acceptors (Lipinski definition) is 4. The summed E-state index contributed by atoms with van der Waals surface area (Å²) in [5.41, 5.74) is 2.33. The number of rotatable bonds is 5. The molecule has 0 spiro atoms. The Labute approximate surface area is 116 Å². The Balaban J connectivity index is 1.96. The van der Waals surface area contributed by atoms with Gasteiger partial charge in [-0.3, -0.25) is 10.1 Å². The maximum atomic E-state index is 10.6. The highest BCUT2D eigenvalue weighted by Crippen LogP contribution is 2.25. The van der Waals surface area contributed by atoms with Gasteiger partial charge in [0.2, 0.25) is 0 Å². The summed E-state index contributed by atoms with van der Waals surface area (Å²) in [5, 5.41) is 14.0. The smallest absolute Gasteiger partial charge is 0.324 e. The summed E-state index contributed by atoms with van der Waals surface area (Å²) in [6.45, 7) is 4.93. The highest BCUT2D eigenvalue weighted by Gasteiger charge is 2.09. The molecule has 0 fully saturated rings. The highest BCUT2D eigenvalue weighted by molar-refractivity contribution is 7.15. The molecule has 1 aromatic heterocycles. The minimum atomic E-state index is -0.356. The van der Waals surface area contributed by atoms with E-state index in [4.69, 9.17) is 0 Å². The van der Waals surface area contributed by atoms with Crippen LogP contribution in [0.4, 0.5) is 10.7 Å². The molecule has 0 radical (unpaired) electrons. The van der Waals surface area contributed by atoms with E-state index in [1.54, 1.807) is 12.1 Å². The number of nitrogens with one attached hydrogen (secondary N) is 1. The van der Waals surface area contributed by atoms with Crippen molar-refractivity contribution in [2.75, 3.05) is 5.32 Å². The summed E-state index contributed by atoms with van der Waals surface area (Å²) in [6, 6.07) is 11.6. The summed E-state index contributed by atoms with van der Waals surface area (Å²) in [5.74, 6) is 0.522. The van der Waals surface area contributed by atoms with Gasteiger partial charge in [-0.25, -0.2) is 0 Å². The van der Waals surface area contributed by atoms with Crippen LogP contribution in [0.2, 0.25) is 0 Å². The van der Waals surface area contributed by atoms with Gasteiger partial charge >= 0.3 is 5.00 Å². The standard InChI is InChI=1S/C14H16N2O2S/c1-10(2)11-3-5-12(6-4-11)15-9-13-7-8-14(19-13)16(17)18/h3-8,10,15H,9H2,1-2H3. The van der Waals surface area contributed by atoms with Gasteiger partial charge < -0.3 is 5.32 Å². The Kier molecular flexibility index (Phi) is 4.16. The zero-order valence-corrected chi connectivity index (χ0v) is 11.7. The zero-order valence-electron chi connectivity index (χ0n) is 10.9. The van der Waals surface area contributed by atoms with Crippen LogP contribution in [-0.4, -0.2) is 4.92 Å². The van der Waals surface area contributed by atoms with Crippen LogP contribution in [0, 0.1) is 10.1 Å². The van der Waals surface area contributed by atoms with Gasteiger partial charge in [-0.05, 0) is 29.7 Å². The Morgan fingerprint density at radius 3 is 2.42 bits per heavy atom. The monoisotopic (exact) mass is 276 g/mol. The molecule has 2 aromatic rings. The van der Waals surface area contributed by atoms with Crippen LogP contribution in [0.25, 0.3) is 0 Å². The van der Waals surface area contributed by atoms with Crippen LogP contribution in [0.1, 0.15) is 30.2 Å². The van der Waals surface area contributed by atoms with Crippen LogP contribution in [0.5, 0.6) is 0 Å². The zero-order chi connectivity index (χ0) is 13.8. The lowest BCUT2D eigenvalue weighted by atomic mass is 10.0. The third-order valence-electron chi connectivity index (χ3n) is 2.87. The topological polar surface area (TPSA) is 55.2 Å². The molecule has 19 heavy (non-hydrogen) atoms. The number of hydrogen-bond donors (Lipinski definition) is 1. The first-order chi connectivity index (χ1) is 9.06. The van der Waals surface area contributed by atoms with E-state index in [1.807, 2.05) is 12.1 Å². The lowest BCUT2D eigenvalue weighted by Crippen LogP contribution is -1.97. The normalized spacial score (nSPS) is 10.7. The first-order valence-electron chi connectivity index (χ1n) is 6.13. The molecule has 0 bridgehead atoms. The van der Waals surface area contributed by atoms with Crippen LogP contribution in [0.15, 0.2) is 36.4 Å². The fraction of sp³-hybridized carbons (Fsp3) is 0.286. The maximum absolute atomic E-state index is 10.6. The first kappa shape index (κ1) is 13.5. The van der Waals surface area contributed by atoms with E-state index in [0.29, 0.717) is 12.5 Å². The summed E-state index contributed by atoms with van der Waals surface area (Å²) < 4.78 is 0. The SMILES string of the molecule is CC(C)c1ccc(NCc2ccc([N+](=O)[O-])s2)cc1. The third-order valence-corrected chi connectivity index (χ3v) is 3.91. The van der Waals surface area contributed by atoms with Gasteiger partial charge in [-0.2, -0.15) is 0 Å². The molecule has 0 saturated carbocycles. The van der Waals surface area contributed by atoms with Crippen LogP contribution < -0.4 is 5.32 Å². The van der Waals surface area contributed by atoms with Crippen molar-refractivity contribution in [1.82, 2.24) is 0 Å². The maximum Gasteiger partial charge on any atom is 0.324 e. The molecule has 1 heterocycles. The van der Waals surface area contributed by atoms with Gasteiger partial charge in [0, 0.05) is 23.2 Å². The van der Waals surface area contributed by atoms with Crippen LogP contribution >= 0.6 is 11.3 Å². The van der Waals surface area contributed by atoms with Crippen molar-refractivity contribution in [3.8, 4) is 0 Å². The van der Waals surface area contributed by atoms with Gasteiger partial charge in [-0.1, -0.05) is 37.3 Å². The summed E-state index contributed by atoms with van der Waals surface area (Å²) in [6.07, 6.45) is 0. The summed E-state index contributed by atoms with van der Waals surface area (Å²) >= 11 is 1.21. The number of anilines is 1. The predicted molar refractivity (Wildman–Crippen MR) is 78.8 cm³/mol. The average Bonchev–Trinajstić information content (AvgIpc) is 2.86.